The summed E-state index contributed by atoms with van der Waals surface area (Å²) in [5.74, 6) is 0.496. The van der Waals surface area contributed by atoms with Crippen molar-refractivity contribution in [2.45, 2.75) is 50.1 Å². The monoisotopic (exact) mass is 359 g/mol. The summed E-state index contributed by atoms with van der Waals surface area (Å²) >= 11 is 0. The number of amides is 2. The van der Waals surface area contributed by atoms with E-state index in [2.05, 4.69) is 30.8 Å². The molecular weight excluding hydrogens is 329 g/mol. The molecule has 2 aliphatic carbocycles. The van der Waals surface area contributed by atoms with Gasteiger partial charge in [-0.05, 0) is 69.8 Å². The summed E-state index contributed by atoms with van der Waals surface area (Å²) in [6.45, 7) is 4.67. The van der Waals surface area contributed by atoms with Crippen molar-refractivity contribution in [1.29, 1.82) is 0 Å². The van der Waals surface area contributed by atoms with Crippen molar-refractivity contribution in [3.63, 3.8) is 0 Å². The van der Waals surface area contributed by atoms with Crippen LogP contribution in [0.1, 0.15) is 44.6 Å². The number of urea groups is 1. The molecule has 0 N–H and O–H groups in total. The maximum Gasteiger partial charge on any atom is 0.320 e. The van der Waals surface area contributed by atoms with Crippen molar-refractivity contribution in [1.82, 2.24) is 14.7 Å². The molecule has 0 radical (unpaired) electrons. The number of halogens is 1. The van der Waals surface area contributed by atoms with Gasteiger partial charge in [-0.1, -0.05) is 19.1 Å². The molecule has 2 amide bonds. The molecule has 5 heteroatoms. The lowest BCUT2D eigenvalue weighted by atomic mass is 9.58. The van der Waals surface area contributed by atoms with Crippen molar-refractivity contribution in [2.75, 3.05) is 33.7 Å². The fourth-order valence-corrected chi connectivity index (χ4v) is 5.05. The molecule has 1 spiro atoms. The Morgan fingerprint density at radius 3 is 2.58 bits per heavy atom. The van der Waals surface area contributed by atoms with Crippen molar-refractivity contribution in [3.05, 3.63) is 35.6 Å². The Morgan fingerprint density at radius 1 is 1.27 bits per heavy atom. The molecule has 3 aliphatic rings. The van der Waals surface area contributed by atoms with Crippen LogP contribution in [0.4, 0.5) is 9.18 Å². The molecule has 1 aromatic carbocycles. The first-order valence-corrected chi connectivity index (χ1v) is 9.90. The predicted molar refractivity (Wildman–Crippen MR) is 100 cm³/mol. The first-order valence-electron chi connectivity index (χ1n) is 9.90. The fraction of sp³-hybridized carbons (Fsp3) is 0.667. The van der Waals surface area contributed by atoms with Crippen molar-refractivity contribution in [3.8, 4) is 0 Å². The van der Waals surface area contributed by atoms with Crippen molar-refractivity contribution >= 4 is 6.03 Å². The number of nitrogens with zero attached hydrogens (tertiary/aromatic N) is 3. The summed E-state index contributed by atoms with van der Waals surface area (Å²) in [5.41, 5.74) is 0.749. The lowest BCUT2D eigenvalue weighted by Gasteiger charge is -2.60. The molecule has 4 rings (SSSR count). The summed E-state index contributed by atoms with van der Waals surface area (Å²) in [7, 11) is 4.15. The molecule has 1 heterocycles. The van der Waals surface area contributed by atoms with Gasteiger partial charge in [-0.2, -0.15) is 0 Å². The minimum atomic E-state index is -0.188. The number of benzene rings is 1. The zero-order chi connectivity index (χ0) is 18.5. The Labute approximate surface area is 155 Å². The van der Waals surface area contributed by atoms with E-state index in [1.807, 2.05) is 11.0 Å². The van der Waals surface area contributed by atoms with Gasteiger partial charge in [-0.25, -0.2) is 9.18 Å². The molecule has 1 aromatic rings. The Hall–Kier alpha value is -1.62. The third-order valence-corrected chi connectivity index (χ3v) is 6.65. The van der Waals surface area contributed by atoms with Crippen LogP contribution in [0.3, 0.4) is 0 Å². The van der Waals surface area contributed by atoms with E-state index in [0.29, 0.717) is 5.92 Å². The van der Waals surface area contributed by atoms with Crippen LogP contribution in [0.2, 0.25) is 0 Å². The van der Waals surface area contributed by atoms with Crippen LogP contribution < -0.4 is 0 Å². The Kier molecular flexibility index (Phi) is 4.25. The van der Waals surface area contributed by atoms with Crippen LogP contribution in [-0.4, -0.2) is 60.0 Å². The molecule has 0 unspecified atom stereocenters. The summed E-state index contributed by atoms with van der Waals surface area (Å²) in [4.78, 5) is 19.4. The summed E-state index contributed by atoms with van der Waals surface area (Å²) < 4.78 is 13.9. The highest BCUT2D eigenvalue weighted by Gasteiger charge is 2.64. The highest BCUT2D eigenvalue weighted by molar-refractivity contribution is 5.79. The topological polar surface area (TPSA) is 26.8 Å². The highest BCUT2D eigenvalue weighted by Crippen LogP contribution is 2.57. The number of carbonyl (C=O) groups is 1. The van der Waals surface area contributed by atoms with E-state index in [1.165, 1.54) is 18.9 Å². The summed E-state index contributed by atoms with van der Waals surface area (Å²) in [6, 6.07) is 7.21. The standard InChI is InChI=1S/C21H30FN3O/c1-4-10-24-15-20(25(19(24)26)12-16-8-9-16)13-21(14-20,23(2)3)17-6-5-7-18(22)11-17/h5-7,11,16H,4,8-10,12-15H2,1-3H3. The number of hydrogen-bond donors (Lipinski definition) is 0. The Bertz CT molecular complexity index is 694. The van der Waals surface area contributed by atoms with Crippen LogP contribution in [0.15, 0.2) is 24.3 Å². The number of hydrogen-bond acceptors (Lipinski definition) is 2. The van der Waals surface area contributed by atoms with Crippen LogP contribution in [0.25, 0.3) is 0 Å². The minimum Gasteiger partial charge on any atom is -0.322 e. The first-order chi connectivity index (χ1) is 12.4. The van der Waals surface area contributed by atoms with E-state index in [1.54, 1.807) is 12.1 Å². The summed E-state index contributed by atoms with van der Waals surface area (Å²) in [6.07, 6.45) is 5.25. The van der Waals surface area contributed by atoms with E-state index in [9.17, 15) is 9.18 Å². The van der Waals surface area contributed by atoms with Gasteiger partial charge in [0.1, 0.15) is 5.82 Å². The molecule has 1 saturated heterocycles. The fourth-order valence-electron chi connectivity index (χ4n) is 5.05. The molecule has 26 heavy (non-hydrogen) atoms. The van der Waals surface area contributed by atoms with E-state index in [-0.39, 0.29) is 22.9 Å². The maximum absolute atomic E-state index is 13.9. The molecule has 0 atom stereocenters. The second-order valence-corrected chi connectivity index (χ2v) is 8.77. The second-order valence-electron chi connectivity index (χ2n) is 8.77. The van der Waals surface area contributed by atoms with Gasteiger partial charge >= 0.3 is 6.03 Å². The Balaban J connectivity index is 1.63. The molecule has 142 valence electrons. The quantitative estimate of drug-likeness (QED) is 0.775. The lowest BCUT2D eigenvalue weighted by molar-refractivity contribution is -0.0709. The van der Waals surface area contributed by atoms with Gasteiger partial charge in [0.15, 0.2) is 0 Å². The zero-order valence-corrected chi connectivity index (χ0v) is 16.2. The molecule has 3 fully saturated rings. The van der Waals surface area contributed by atoms with Gasteiger partial charge in [0.25, 0.3) is 0 Å². The van der Waals surface area contributed by atoms with Crippen LogP contribution in [-0.2, 0) is 5.54 Å². The van der Waals surface area contributed by atoms with Crippen LogP contribution in [0, 0.1) is 11.7 Å². The predicted octanol–water partition coefficient (Wildman–Crippen LogP) is 3.67. The largest absolute Gasteiger partial charge is 0.322 e. The molecule has 4 nitrogen and oxygen atoms in total. The average Bonchev–Trinajstić information content (AvgIpc) is 3.34. The highest BCUT2D eigenvalue weighted by atomic mass is 19.1. The van der Waals surface area contributed by atoms with E-state index >= 15 is 0 Å². The van der Waals surface area contributed by atoms with Crippen LogP contribution >= 0.6 is 0 Å². The van der Waals surface area contributed by atoms with E-state index in [0.717, 1.165) is 44.5 Å². The smallest absolute Gasteiger partial charge is 0.320 e. The maximum atomic E-state index is 13.9. The average molecular weight is 359 g/mol. The molecule has 0 bridgehead atoms. The molecule has 1 aliphatic heterocycles. The SMILES string of the molecule is CCCN1CC2(CC(c3cccc(F)c3)(N(C)C)C2)N(CC2CC2)C1=O. The lowest BCUT2D eigenvalue weighted by Crippen LogP contribution is -2.67. The summed E-state index contributed by atoms with van der Waals surface area (Å²) in [5, 5.41) is 0. The minimum absolute atomic E-state index is 0.0918. The molecule has 0 aromatic heterocycles. The number of rotatable bonds is 6. The van der Waals surface area contributed by atoms with Crippen LogP contribution in [0.5, 0.6) is 0 Å². The van der Waals surface area contributed by atoms with E-state index in [4.69, 9.17) is 0 Å². The zero-order valence-electron chi connectivity index (χ0n) is 16.2. The second kappa shape index (κ2) is 6.22. The van der Waals surface area contributed by atoms with E-state index < -0.39 is 0 Å². The third kappa shape index (κ3) is 2.72. The van der Waals surface area contributed by atoms with Gasteiger partial charge in [0, 0.05) is 19.6 Å². The van der Waals surface area contributed by atoms with Gasteiger partial charge in [-0.3, -0.25) is 4.90 Å². The van der Waals surface area contributed by atoms with Gasteiger partial charge in [-0.15, -0.1) is 0 Å². The molecule has 2 saturated carbocycles. The van der Waals surface area contributed by atoms with Gasteiger partial charge < -0.3 is 9.80 Å². The first kappa shape index (κ1) is 17.8. The van der Waals surface area contributed by atoms with Gasteiger partial charge in [0.2, 0.25) is 0 Å². The third-order valence-electron chi connectivity index (χ3n) is 6.65. The van der Waals surface area contributed by atoms with Crippen molar-refractivity contribution < 1.29 is 9.18 Å². The van der Waals surface area contributed by atoms with Crippen molar-refractivity contribution in [2.24, 2.45) is 5.92 Å². The Morgan fingerprint density at radius 2 is 2.00 bits per heavy atom. The normalized spacial score (nSPS) is 31.2. The molecular formula is C21H30FN3O. The number of carbonyl (C=O) groups excluding carboxylic acids is 1. The van der Waals surface area contributed by atoms with Gasteiger partial charge in [0.05, 0.1) is 11.1 Å².